The van der Waals surface area contributed by atoms with Gasteiger partial charge >= 0.3 is 12.3 Å². The lowest BCUT2D eigenvalue weighted by Gasteiger charge is -2.40. The van der Waals surface area contributed by atoms with Crippen LogP contribution in [0.25, 0.3) is 0 Å². The normalized spacial score (nSPS) is 44.2. The van der Waals surface area contributed by atoms with Crippen LogP contribution in [0.15, 0.2) is 0 Å². The highest BCUT2D eigenvalue weighted by Crippen LogP contribution is 2.28. The third-order valence-electron chi connectivity index (χ3n) is 7.00. The number of rotatable bonds is 6. The molecular weight excluding hydrogens is 688 g/mol. The molecule has 0 bridgehead atoms. The van der Waals surface area contributed by atoms with Crippen LogP contribution in [0, 0.1) is 0 Å². The topological polar surface area (TPSA) is 438 Å². The molecule has 0 saturated carbocycles. The zero-order chi connectivity index (χ0) is 38.2. The maximum Gasteiger partial charge on any atom is 0.373 e. The zero-order valence-corrected chi connectivity index (χ0v) is 25.1. The van der Waals surface area contributed by atoms with Crippen molar-refractivity contribution >= 4 is 12.3 Å². The minimum atomic E-state index is -1.65. The Balaban J connectivity index is 0.000000698. The van der Waals surface area contributed by atoms with Crippen molar-refractivity contribution in [3.63, 3.8) is 0 Å². The van der Waals surface area contributed by atoms with Crippen molar-refractivity contribution in [2.24, 2.45) is 0 Å². The van der Waals surface area contributed by atoms with E-state index in [-0.39, 0.29) is 12.3 Å². The van der Waals surface area contributed by atoms with Crippen LogP contribution in [-0.2, 0) is 42.9 Å². The first-order valence-corrected chi connectivity index (χ1v) is 13.8. The van der Waals surface area contributed by atoms with E-state index in [1.54, 1.807) is 0 Å². The van der Waals surface area contributed by atoms with E-state index in [1.807, 2.05) is 0 Å². The van der Waals surface area contributed by atoms with Gasteiger partial charge in [-0.1, -0.05) is 0 Å². The SMILES string of the molecule is O=C=O.O=C=O.OC[C@H]1O[C@@H](O)[C@@H](O)[C@H]1O.OC[C@H]1O[C@H](O)[C@H](O)[C@@H](O)[C@@H]1O.OC[C@H]1O[C@H](O[C@@H]2O[C@H](CO)[C@@H](O)[C@@H]2O)[C@H](O)[C@@H](O)[C@@H]1O. The molecule has 4 aliphatic rings. The molecule has 49 heavy (non-hydrogen) atoms. The highest BCUT2D eigenvalue weighted by Gasteiger charge is 2.49. The predicted octanol–water partition coefficient (Wildman–Crippen LogP) is -11.7. The monoisotopic (exact) mass is 730 g/mol. The highest BCUT2D eigenvalue weighted by atomic mass is 16.8. The molecule has 16 N–H and O–H groups in total. The van der Waals surface area contributed by atoms with Crippen LogP contribution in [0.2, 0.25) is 0 Å². The molecule has 0 aromatic carbocycles. The molecule has 0 aromatic heterocycles. The minimum absolute atomic E-state index is 0.250. The Kier molecular flexibility index (Phi) is 22.4. The molecule has 288 valence electrons. The Labute approximate surface area is 274 Å². The summed E-state index contributed by atoms with van der Waals surface area (Å²) in [6, 6.07) is 0. The van der Waals surface area contributed by atoms with E-state index < -0.39 is 137 Å². The van der Waals surface area contributed by atoms with Crippen LogP contribution in [0.3, 0.4) is 0 Å². The number of carbonyl (C=O) groups excluding carboxylic acids is 4. The average Bonchev–Trinajstić information content (AvgIpc) is 3.50. The van der Waals surface area contributed by atoms with E-state index in [0.29, 0.717) is 0 Å². The molecule has 25 heteroatoms. The van der Waals surface area contributed by atoms with E-state index in [4.69, 9.17) is 89.6 Å². The second-order valence-corrected chi connectivity index (χ2v) is 10.2. The number of aliphatic hydroxyl groups is 16. The fourth-order valence-corrected chi connectivity index (χ4v) is 4.25. The van der Waals surface area contributed by atoms with Gasteiger partial charge in [0.25, 0.3) is 0 Å². The quantitative estimate of drug-likeness (QED) is 0.121. The van der Waals surface area contributed by atoms with E-state index in [2.05, 4.69) is 9.47 Å². The lowest BCUT2D eigenvalue weighted by Crippen LogP contribution is -2.60. The molecule has 4 fully saturated rings. The van der Waals surface area contributed by atoms with Gasteiger partial charge in [0.2, 0.25) is 0 Å². The number of hydrogen-bond donors (Lipinski definition) is 16. The summed E-state index contributed by atoms with van der Waals surface area (Å²) in [6.07, 6.45) is -24.1. The standard InChI is InChI=1S/C11H20O10.C6H12O6.C5H10O5.2CO2/c12-1-3-5(14)7(16)9(18)11(19-3)21-10-8(17)6(15)4(2-13)20-10;7-1-2-3(8)4(9)5(10)6(11)12-2;6-1-2-3(7)4(8)5(9)10-2;2*2-1-3/h3-18H,1-2H2;2-11H,1H2;2-9H,1H2;;/t3-,4-,5-,6-,7+,8+,9-,10+,11-;2-,3-,4+,5-,6+;2-,3+,4+,5-;;/m111../s1. The van der Waals surface area contributed by atoms with Crippen molar-refractivity contribution in [3.8, 4) is 0 Å². The summed E-state index contributed by atoms with van der Waals surface area (Å²) in [5, 5.41) is 146. The smallest absolute Gasteiger partial charge is 0.373 e. The molecule has 4 rings (SSSR count). The molecule has 4 heterocycles. The largest absolute Gasteiger partial charge is 0.394 e. The molecular formula is C24H42O25. The van der Waals surface area contributed by atoms with Crippen molar-refractivity contribution in [1.29, 1.82) is 0 Å². The molecule has 0 amide bonds. The molecule has 25 nitrogen and oxygen atoms in total. The van der Waals surface area contributed by atoms with Gasteiger partial charge in [-0.15, -0.1) is 0 Å². The molecule has 0 aliphatic carbocycles. The van der Waals surface area contributed by atoms with Crippen LogP contribution in [0.5, 0.6) is 0 Å². The molecule has 0 spiro atoms. The third-order valence-corrected chi connectivity index (χ3v) is 7.00. The summed E-state index contributed by atoms with van der Waals surface area (Å²) in [7, 11) is 0. The van der Waals surface area contributed by atoms with Gasteiger partial charge in [-0.25, -0.2) is 0 Å². The lowest BCUT2D eigenvalue weighted by molar-refractivity contribution is -0.341. The van der Waals surface area contributed by atoms with Crippen molar-refractivity contribution < 1.29 is 125 Å². The Hall–Kier alpha value is -2.08. The highest BCUT2D eigenvalue weighted by molar-refractivity contribution is 5.20. The van der Waals surface area contributed by atoms with Gasteiger partial charge in [-0.05, 0) is 0 Å². The first-order valence-electron chi connectivity index (χ1n) is 13.8. The first kappa shape index (κ1) is 46.9. The van der Waals surface area contributed by atoms with Crippen LogP contribution in [0.4, 0.5) is 0 Å². The fraction of sp³-hybridized carbons (Fsp3) is 0.917. The van der Waals surface area contributed by atoms with Crippen LogP contribution in [0.1, 0.15) is 0 Å². The van der Waals surface area contributed by atoms with Gasteiger partial charge in [-0.2, -0.15) is 19.2 Å². The summed E-state index contributed by atoms with van der Waals surface area (Å²) >= 11 is 0. The van der Waals surface area contributed by atoms with E-state index in [0.717, 1.165) is 0 Å². The Bertz CT molecular complexity index is 945. The summed E-state index contributed by atoms with van der Waals surface area (Å²) in [5.74, 6) is 0. The zero-order valence-electron chi connectivity index (χ0n) is 25.1. The number of ether oxygens (including phenoxy) is 5. The molecule has 4 saturated heterocycles. The van der Waals surface area contributed by atoms with Crippen molar-refractivity contribution in [3.05, 3.63) is 0 Å². The summed E-state index contributed by atoms with van der Waals surface area (Å²) in [4.78, 5) is 32.5. The average molecular weight is 731 g/mol. The van der Waals surface area contributed by atoms with E-state index in [9.17, 15) is 25.5 Å². The van der Waals surface area contributed by atoms with Crippen LogP contribution < -0.4 is 0 Å². The van der Waals surface area contributed by atoms with Gasteiger partial charge in [0, 0.05) is 0 Å². The van der Waals surface area contributed by atoms with Gasteiger partial charge in [0.05, 0.1) is 26.4 Å². The van der Waals surface area contributed by atoms with E-state index in [1.165, 1.54) is 0 Å². The third kappa shape index (κ3) is 13.2. The van der Waals surface area contributed by atoms with Gasteiger partial charge in [-0.3, -0.25) is 0 Å². The number of hydrogen-bond acceptors (Lipinski definition) is 25. The second-order valence-electron chi connectivity index (χ2n) is 10.2. The fourth-order valence-electron chi connectivity index (χ4n) is 4.25. The van der Waals surface area contributed by atoms with Crippen LogP contribution in [-0.4, -0.2) is 231 Å². The van der Waals surface area contributed by atoms with Gasteiger partial charge in [0.1, 0.15) is 85.5 Å². The first-order chi connectivity index (χ1) is 23.0. The number of aliphatic hydroxyl groups excluding tert-OH is 16. The van der Waals surface area contributed by atoms with E-state index >= 15 is 0 Å². The summed E-state index contributed by atoms with van der Waals surface area (Å²) < 4.78 is 24.4. The second kappa shape index (κ2) is 23.4. The molecule has 0 aromatic rings. The molecule has 0 unspecified atom stereocenters. The Morgan fingerprint density at radius 3 is 0.898 bits per heavy atom. The molecule has 4 aliphatic heterocycles. The van der Waals surface area contributed by atoms with Crippen molar-refractivity contribution in [2.45, 2.75) is 111 Å². The molecule has 0 radical (unpaired) electrons. The lowest BCUT2D eigenvalue weighted by atomic mass is 9.99. The Morgan fingerprint density at radius 1 is 0.367 bits per heavy atom. The van der Waals surface area contributed by atoms with Crippen LogP contribution >= 0.6 is 0 Å². The maximum absolute atomic E-state index is 9.77. The van der Waals surface area contributed by atoms with Gasteiger partial charge < -0.3 is 105 Å². The van der Waals surface area contributed by atoms with Gasteiger partial charge in [0.15, 0.2) is 25.2 Å². The molecule has 18 atom stereocenters. The van der Waals surface area contributed by atoms with Crippen molar-refractivity contribution in [1.82, 2.24) is 0 Å². The van der Waals surface area contributed by atoms with Crippen molar-refractivity contribution in [2.75, 3.05) is 26.4 Å². The minimum Gasteiger partial charge on any atom is -0.394 e. The summed E-state index contributed by atoms with van der Waals surface area (Å²) in [6.45, 7) is -2.11. The predicted molar refractivity (Wildman–Crippen MR) is 139 cm³/mol. The maximum atomic E-state index is 9.77. The Morgan fingerprint density at radius 2 is 0.592 bits per heavy atom. The summed E-state index contributed by atoms with van der Waals surface area (Å²) in [5.41, 5.74) is 0.